The van der Waals surface area contributed by atoms with Crippen LogP contribution in [0.1, 0.15) is 337 Å². The number of rotatable bonds is 68. The minimum absolute atomic E-state index is 0.0846. The SMILES string of the molecule is CCCCCC/C=C\C=C/CCCCCCCC(=O)O[C@H](COC(=O)CCCCCCCCCCCCC(C)CC)COP(=O)(O)OC[C@@H](O)COP(=O)(O)OC[C@@H](COC(=O)CCCCCCCCC(C)C)OC(=O)CCCCCCCCCCCCCC. The normalized spacial score (nSPS) is 14.6. The topological polar surface area (TPSA) is 237 Å². The van der Waals surface area contributed by atoms with Crippen LogP contribution in [0.15, 0.2) is 24.3 Å². The number of aliphatic hydroxyl groups is 1. The second-order valence-corrected chi connectivity index (χ2v) is 28.6. The first kappa shape index (κ1) is 87.5. The predicted octanol–water partition coefficient (Wildman–Crippen LogP) is 19.9. The zero-order valence-corrected chi connectivity index (χ0v) is 59.7. The number of unbranched alkanes of at least 4 members (excludes halogenated alkanes) is 34. The van der Waals surface area contributed by atoms with Crippen molar-refractivity contribution in [3.8, 4) is 0 Å². The number of phosphoric acid groups is 2. The average molecular weight is 1320 g/mol. The minimum Gasteiger partial charge on any atom is -0.462 e. The van der Waals surface area contributed by atoms with Gasteiger partial charge in [-0.05, 0) is 63.2 Å². The molecule has 0 aromatic carbocycles. The lowest BCUT2D eigenvalue weighted by atomic mass is 9.99. The first-order chi connectivity index (χ1) is 43.4. The zero-order chi connectivity index (χ0) is 66.5. The van der Waals surface area contributed by atoms with Crippen LogP contribution in [0.3, 0.4) is 0 Å². The molecule has 3 unspecified atom stereocenters. The summed E-state index contributed by atoms with van der Waals surface area (Å²) in [5.74, 6) is -0.670. The van der Waals surface area contributed by atoms with Crippen molar-refractivity contribution in [3.63, 3.8) is 0 Å². The largest absolute Gasteiger partial charge is 0.472 e. The molecule has 0 amide bonds. The van der Waals surface area contributed by atoms with E-state index >= 15 is 0 Å². The molecule has 530 valence electrons. The van der Waals surface area contributed by atoms with Gasteiger partial charge in [-0.25, -0.2) is 9.13 Å². The van der Waals surface area contributed by atoms with Gasteiger partial charge in [0.15, 0.2) is 12.2 Å². The number of aliphatic hydroxyl groups excluding tert-OH is 1. The average Bonchev–Trinajstić information content (AvgIpc) is 3.73. The van der Waals surface area contributed by atoms with Gasteiger partial charge in [0.25, 0.3) is 0 Å². The minimum atomic E-state index is -4.96. The molecule has 0 aliphatic rings. The summed E-state index contributed by atoms with van der Waals surface area (Å²) in [5, 5.41) is 10.6. The maximum Gasteiger partial charge on any atom is 0.472 e. The second kappa shape index (κ2) is 62.6. The first-order valence-electron chi connectivity index (χ1n) is 36.3. The molecule has 6 atom stereocenters. The van der Waals surface area contributed by atoms with Crippen molar-refractivity contribution < 1.29 is 80.2 Å². The molecule has 0 aromatic heterocycles. The summed E-state index contributed by atoms with van der Waals surface area (Å²) in [4.78, 5) is 72.5. The van der Waals surface area contributed by atoms with Gasteiger partial charge in [0.1, 0.15) is 19.3 Å². The molecule has 0 aromatic rings. The molecular weight excluding hydrogens is 1190 g/mol. The molecule has 0 saturated carbocycles. The van der Waals surface area contributed by atoms with Crippen molar-refractivity contribution in [1.82, 2.24) is 0 Å². The third-order valence-electron chi connectivity index (χ3n) is 16.2. The van der Waals surface area contributed by atoms with Crippen molar-refractivity contribution in [2.45, 2.75) is 355 Å². The molecule has 17 nitrogen and oxygen atoms in total. The van der Waals surface area contributed by atoms with Gasteiger partial charge >= 0.3 is 39.5 Å². The van der Waals surface area contributed by atoms with Crippen molar-refractivity contribution in [2.24, 2.45) is 11.8 Å². The highest BCUT2D eigenvalue weighted by molar-refractivity contribution is 7.47. The molecule has 0 bridgehead atoms. The van der Waals surface area contributed by atoms with E-state index in [2.05, 4.69) is 65.8 Å². The summed E-state index contributed by atoms with van der Waals surface area (Å²) in [7, 11) is -9.91. The van der Waals surface area contributed by atoms with Crippen LogP contribution in [-0.2, 0) is 65.4 Å². The summed E-state index contributed by atoms with van der Waals surface area (Å²) < 4.78 is 68.2. The van der Waals surface area contributed by atoms with Crippen molar-refractivity contribution in [1.29, 1.82) is 0 Å². The molecule has 0 aliphatic carbocycles. The quantitative estimate of drug-likeness (QED) is 0.0169. The maximum absolute atomic E-state index is 13.0. The van der Waals surface area contributed by atoms with Gasteiger partial charge in [0.05, 0.1) is 26.4 Å². The number of ether oxygens (including phenoxy) is 4. The molecule has 0 aliphatic heterocycles. The van der Waals surface area contributed by atoms with Gasteiger partial charge < -0.3 is 33.8 Å². The molecule has 0 saturated heterocycles. The molecule has 0 fully saturated rings. The number of phosphoric ester groups is 2. The molecule has 0 rings (SSSR count). The fourth-order valence-corrected chi connectivity index (χ4v) is 11.8. The molecular formula is C71H134O17P2. The number of carbonyl (C=O) groups is 4. The van der Waals surface area contributed by atoms with E-state index < -0.39 is 97.5 Å². The lowest BCUT2D eigenvalue weighted by Gasteiger charge is -2.21. The Hall–Kier alpha value is -2.46. The molecule has 0 radical (unpaired) electrons. The van der Waals surface area contributed by atoms with Gasteiger partial charge in [-0.15, -0.1) is 0 Å². The van der Waals surface area contributed by atoms with Crippen LogP contribution in [0.2, 0.25) is 0 Å². The number of carbonyl (C=O) groups excluding carboxylic acids is 4. The smallest absolute Gasteiger partial charge is 0.462 e. The van der Waals surface area contributed by atoms with E-state index in [1.165, 1.54) is 135 Å². The number of hydrogen-bond acceptors (Lipinski definition) is 15. The van der Waals surface area contributed by atoms with Crippen LogP contribution in [0, 0.1) is 11.8 Å². The van der Waals surface area contributed by atoms with E-state index in [1.54, 1.807) is 0 Å². The van der Waals surface area contributed by atoms with Gasteiger partial charge in [-0.3, -0.25) is 37.3 Å². The van der Waals surface area contributed by atoms with Crippen molar-refractivity contribution in [3.05, 3.63) is 24.3 Å². The zero-order valence-electron chi connectivity index (χ0n) is 57.9. The second-order valence-electron chi connectivity index (χ2n) is 25.7. The van der Waals surface area contributed by atoms with Gasteiger partial charge in [0.2, 0.25) is 0 Å². The fourth-order valence-electron chi connectivity index (χ4n) is 10.2. The van der Waals surface area contributed by atoms with Crippen molar-refractivity contribution in [2.75, 3.05) is 39.6 Å². The Morgan fingerprint density at radius 3 is 1.00 bits per heavy atom. The lowest BCUT2D eigenvalue weighted by Crippen LogP contribution is -2.30. The van der Waals surface area contributed by atoms with Crippen LogP contribution in [0.25, 0.3) is 0 Å². The van der Waals surface area contributed by atoms with Crippen LogP contribution in [0.5, 0.6) is 0 Å². The van der Waals surface area contributed by atoms with Gasteiger partial charge in [-0.2, -0.15) is 0 Å². The molecule has 3 N–H and O–H groups in total. The fraction of sp³-hybridized carbons (Fsp3) is 0.887. The number of esters is 4. The number of allylic oxidation sites excluding steroid dienone is 4. The summed E-state index contributed by atoms with van der Waals surface area (Å²) >= 11 is 0. The highest BCUT2D eigenvalue weighted by Crippen LogP contribution is 2.45. The van der Waals surface area contributed by atoms with E-state index in [4.69, 9.17) is 37.0 Å². The van der Waals surface area contributed by atoms with Crippen LogP contribution in [0.4, 0.5) is 0 Å². The van der Waals surface area contributed by atoms with E-state index in [9.17, 15) is 43.2 Å². The molecule has 0 spiro atoms. The predicted molar refractivity (Wildman–Crippen MR) is 363 cm³/mol. The van der Waals surface area contributed by atoms with E-state index in [0.29, 0.717) is 31.6 Å². The Morgan fingerprint density at radius 2 is 0.656 bits per heavy atom. The highest BCUT2D eigenvalue weighted by atomic mass is 31.2. The molecule has 19 heteroatoms. The summed E-state index contributed by atoms with van der Waals surface area (Å²) in [5.41, 5.74) is 0. The van der Waals surface area contributed by atoms with E-state index in [-0.39, 0.29) is 25.7 Å². The number of hydrogen-bond donors (Lipinski definition) is 3. The lowest BCUT2D eigenvalue weighted by molar-refractivity contribution is -0.161. The maximum atomic E-state index is 13.0. The van der Waals surface area contributed by atoms with Gasteiger partial charge in [0, 0.05) is 25.7 Å². The highest BCUT2D eigenvalue weighted by Gasteiger charge is 2.30. The van der Waals surface area contributed by atoms with E-state index in [1.807, 2.05) is 0 Å². The third-order valence-corrected chi connectivity index (χ3v) is 18.1. The van der Waals surface area contributed by atoms with Crippen molar-refractivity contribution >= 4 is 39.5 Å². The first-order valence-corrected chi connectivity index (χ1v) is 39.3. The summed E-state index contributed by atoms with van der Waals surface area (Å²) in [6.45, 7) is 9.43. The Morgan fingerprint density at radius 1 is 0.367 bits per heavy atom. The molecule has 90 heavy (non-hydrogen) atoms. The Bertz CT molecular complexity index is 1850. The van der Waals surface area contributed by atoms with Crippen LogP contribution < -0.4 is 0 Å². The van der Waals surface area contributed by atoms with Crippen LogP contribution in [-0.4, -0.2) is 96.7 Å². The standard InChI is InChI=1S/C71H134O17P2/c1-7-10-12-14-16-18-20-22-23-24-26-32-36-44-50-56-71(76)87-66(59-81-68(73)53-47-41-34-30-28-27-29-33-40-46-52-64(6)9-3)61-85-89(77,78)83-57-65(72)58-84-90(79,80)86-62-67(60-82-69(74)54-48-42-38-37-39-45-51-63(4)5)88-70(75)55-49-43-35-31-25-21-19-17-15-13-11-8-2/h18,20,22-23,63-67,72H,7-17,19,21,24-62H2,1-6H3,(H,77,78)(H,79,80)/b20-18-,23-22-/t64?,65-,66-,67-/m1/s1. The third kappa shape index (κ3) is 63.0. The Balaban J connectivity index is 5.29. The summed E-state index contributed by atoms with van der Waals surface area (Å²) in [6, 6.07) is 0. The van der Waals surface area contributed by atoms with Gasteiger partial charge in [-0.1, -0.05) is 284 Å². The van der Waals surface area contributed by atoms with Crippen LogP contribution >= 0.6 is 15.6 Å². The Kier molecular flexibility index (Phi) is 60.9. The monoisotopic (exact) mass is 1320 g/mol. The summed E-state index contributed by atoms with van der Waals surface area (Å²) in [6.07, 6.45) is 50.8. The molecule has 0 heterocycles. The van der Waals surface area contributed by atoms with E-state index in [0.717, 1.165) is 115 Å². The Labute approximate surface area is 548 Å².